The minimum absolute atomic E-state index is 0.232. The fourth-order valence-electron chi connectivity index (χ4n) is 3.66. The first-order valence-electron chi connectivity index (χ1n) is 10.4. The summed E-state index contributed by atoms with van der Waals surface area (Å²) in [5.41, 5.74) is 2.05. The van der Waals surface area contributed by atoms with Crippen molar-refractivity contribution in [3.63, 3.8) is 0 Å². The second kappa shape index (κ2) is 10.6. The maximum Gasteiger partial charge on any atom is 0.319 e. The van der Waals surface area contributed by atoms with Gasteiger partial charge in [-0.25, -0.2) is 14.4 Å². The number of nitrogens with zero attached hydrogens (tertiary/aromatic N) is 3. The Balaban J connectivity index is 1.39. The number of hydrogen-bond donors (Lipinski definition) is 1. The van der Waals surface area contributed by atoms with E-state index in [2.05, 4.69) is 20.2 Å². The highest BCUT2D eigenvalue weighted by Gasteiger charge is 2.21. The van der Waals surface area contributed by atoms with Crippen LogP contribution >= 0.6 is 11.3 Å². The van der Waals surface area contributed by atoms with Gasteiger partial charge in [-0.1, -0.05) is 23.5 Å². The molecule has 3 heterocycles. The van der Waals surface area contributed by atoms with Crippen molar-refractivity contribution in [2.45, 2.75) is 6.42 Å². The summed E-state index contributed by atoms with van der Waals surface area (Å²) >= 11 is 1.48. The summed E-state index contributed by atoms with van der Waals surface area (Å²) < 4.78 is 23.7. The molecule has 4 rings (SSSR count). The minimum Gasteiger partial charge on any atom is -0.468 e. The number of pyridine rings is 1. The normalized spacial score (nSPS) is 17.0. The molecule has 0 bridgehead atoms. The van der Waals surface area contributed by atoms with Crippen molar-refractivity contribution in [3.8, 4) is 10.4 Å². The molecule has 1 N–H and O–H groups in total. The van der Waals surface area contributed by atoms with E-state index in [9.17, 15) is 9.18 Å². The van der Waals surface area contributed by atoms with Gasteiger partial charge in [0.15, 0.2) is 5.13 Å². The summed E-state index contributed by atoms with van der Waals surface area (Å²) in [4.78, 5) is 23.5. The number of benzene rings is 1. The van der Waals surface area contributed by atoms with Crippen LogP contribution in [0, 0.1) is 11.7 Å². The molecule has 0 spiro atoms. The number of rotatable bonds is 7. The lowest BCUT2D eigenvalue weighted by atomic mass is 10.0. The molecule has 0 radical (unpaired) electrons. The molecule has 168 valence electrons. The molecule has 0 aliphatic carbocycles. The van der Waals surface area contributed by atoms with Crippen LogP contribution in [0.5, 0.6) is 0 Å². The molecule has 2 aromatic heterocycles. The number of nitrogens with one attached hydrogen (secondary N) is 1. The highest BCUT2D eigenvalue weighted by molar-refractivity contribution is 7.18. The van der Waals surface area contributed by atoms with Crippen molar-refractivity contribution in [1.29, 1.82) is 0 Å². The van der Waals surface area contributed by atoms with E-state index in [1.54, 1.807) is 24.5 Å². The van der Waals surface area contributed by atoms with Crippen molar-refractivity contribution in [3.05, 3.63) is 60.2 Å². The fraction of sp³-hybridized carbons (Fsp3) is 0.348. The van der Waals surface area contributed by atoms with Crippen LogP contribution < -0.4 is 5.32 Å². The highest BCUT2D eigenvalue weighted by atomic mass is 32.1. The van der Waals surface area contributed by atoms with Crippen LogP contribution in [-0.4, -0.2) is 60.8 Å². The lowest BCUT2D eigenvalue weighted by Gasteiger charge is -2.22. The molecule has 1 aliphatic heterocycles. The number of thiazole rings is 1. The number of aromatic nitrogens is 2. The monoisotopic (exact) mass is 456 g/mol. The van der Waals surface area contributed by atoms with Gasteiger partial charge >= 0.3 is 5.97 Å². The topological polar surface area (TPSA) is 76.6 Å². The van der Waals surface area contributed by atoms with Crippen molar-refractivity contribution in [2.24, 2.45) is 5.92 Å². The fourth-order valence-corrected chi connectivity index (χ4v) is 4.49. The Hall–Kier alpha value is -2.88. The van der Waals surface area contributed by atoms with Gasteiger partial charge in [0.1, 0.15) is 11.6 Å². The second-order valence-electron chi connectivity index (χ2n) is 7.67. The zero-order valence-corrected chi connectivity index (χ0v) is 18.6. The Morgan fingerprint density at radius 3 is 2.97 bits per heavy atom. The Morgan fingerprint density at radius 2 is 2.16 bits per heavy atom. The van der Waals surface area contributed by atoms with Gasteiger partial charge in [0.25, 0.3) is 0 Å². The maximum atomic E-state index is 13.2. The van der Waals surface area contributed by atoms with Gasteiger partial charge < -0.3 is 14.8 Å². The van der Waals surface area contributed by atoms with Crippen LogP contribution in [0.15, 0.2) is 48.8 Å². The van der Waals surface area contributed by atoms with Gasteiger partial charge in [0.2, 0.25) is 0 Å². The van der Waals surface area contributed by atoms with Gasteiger partial charge in [-0.3, -0.25) is 9.69 Å². The summed E-state index contributed by atoms with van der Waals surface area (Å²) in [7, 11) is 1.41. The predicted octanol–water partition coefficient (Wildman–Crippen LogP) is 3.75. The Bertz CT molecular complexity index is 1040. The van der Waals surface area contributed by atoms with Crippen LogP contribution in [0.4, 0.5) is 15.3 Å². The summed E-state index contributed by atoms with van der Waals surface area (Å²) in [5, 5.41) is 3.98. The largest absolute Gasteiger partial charge is 0.468 e. The molecular weight excluding hydrogens is 431 g/mol. The standard InChI is InChI=1S/C23H25FN4O3S/c1-30-22(29)14-28-8-9-31-15-17(13-28)10-16-6-7-25-21(11-16)27-23-26-12-20(32-23)18-2-4-19(24)5-3-18/h2-7,11-12,17H,8-10,13-15H2,1H3,(H,25,26,27)/t17-/m0/s1. The summed E-state index contributed by atoms with van der Waals surface area (Å²) in [6.07, 6.45) is 4.35. The lowest BCUT2D eigenvalue weighted by Crippen LogP contribution is -2.35. The molecule has 1 aliphatic rings. The number of carbonyl (C=O) groups excluding carboxylic acids is 1. The molecule has 0 saturated carbocycles. The van der Waals surface area contributed by atoms with Crippen LogP contribution in [0.1, 0.15) is 5.56 Å². The molecule has 1 aromatic carbocycles. The number of methoxy groups -OCH3 is 1. The molecule has 7 nitrogen and oxygen atoms in total. The smallest absolute Gasteiger partial charge is 0.319 e. The number of esters is 1. The average Bonchev–Trinajstić information content (AvgIpc) is 3.14. The Morgan fingerprint density at radius 1 is 1.31 bits per heavy atom. The molecule has 1 atom stereocenters. The SMILES string of the molecule is COC(=O)CN1CCOC[C@@H](Cc2ccnc(Nc3ncc(-c4ccc(F)cc4)s3)c2)C1. The number of hydrogen-bond acceptors (Lipinski definition) is 8. The van der Waals surface area contributed by atoms with Crippen LogP contribution in [0.2, 0.25) is 0 Å². The first-order valence-corrected chi connectivity index (χ1v) is 11.2. The summed E-state index contributed by atoms with van der Waals surface area (Å²) in [6, 6.07) is 10.4. The second-order valence-corrected chi connectivity index (χ2v) is 8.70. The summed E-state index contributed by atoms with van der Waals surface area (Å²) in [6.45, 7) is 3.02. The molecule has 9 heteroatoms. The van der Waals surface area contributed by atoms with Gasteiger partial charge in [0.05, 0.1) is 31.7 Å². The van der Waals surface area contributed by atoms with Crippen molar-refractivity contribution in [2.75, 3.05) is 45.3 Å². The van der Waals surface area contributed by atoms with E-state index >= 15 is 0 Å². The third-order valence-electron chi connectivity index (χ3n) is 5.22. The predicted molar refractivity (Wildman–Crippen MR) is 121 cm³/mol. The highest BCUT2D eigenvalue weighted by Crippen LogP contribution is 2.30. The number of ether oxygens (including phenoxy) is 2. The summed E-state index contributed by atoms with van der Waals surface area (Å²) in [5.74, 6) is 0.487. The molecule has 1 saturated heterocycles. The lowest BCUT2D eigenvalue weighted by molar-refractivity contribution is -0.142. The van der Waals surface area contributed by atoms with Crippen molar-refractivity contribution >= 4 is 28.3 Å². The zero-order chi connectivity index (χ0) is 22.3. The Kier molecular flexibility index (Phi) is 7.41. The van der Waals surface area contributed by atoms with Crippen LogP contribution in [0.3, 0.4) is 0 Å². The van der Waals surface area contributed by atoms with E-state index in [-0.39, 0.29) is 24.2 Å². The van der Waals surface area contributed by atoms with Gasteiger partial charge in [-0.15, -0.1) is 0 Å². The first kappa shape index (κ1) is 22.3. The first-order chi connectivity index (χ1) is 15.6. The third-order valence-corrected chi connectivity index (χ3v) is 6.18. The quantitative estimate of drug-likeness (QED) is 0.543. The number of halogens is 1. The van der Waals surface area contributed by atoms with Crippen molar-refractivity contribution in [1.82, 2.24) is 14.9 Å². The van der Waals surface area contributed by atoms with Crippen LogP contribution in [-0.2, 0) is 20.7 Å². The number of carbonyl (C=O) groups is 1. The van der Waals surface area contributed by atoms with E-state index < -0.39 is 0 Å². The molecule has 0 unspecified atom stereocenters. The molecular formula is C23H25FN4O3S. The van der Waals surface area contributed by atoms with Crippen molar-refractivity contribution < 1.29 is 18.7 Å². The molecule has 32 heavy (non-hydrogen) atoms. The van der Waals surface area contributed by atoms with Gasteiger partial charge in [0, 0.05) is 25.5 Å². The van der Waals surface area contributed by atoms with E-state index in [0.717, 1.165) is 40.6 Å². The molecule has 1 fully saturated rings. The average molecular weight is 457 g/mol. The Labute approximate surface area is 190 Å². The number of anilines is 2. The maximum absolute atomic E-state index is 13.2. The van der Waals surface area contributed by atoms with E-state index in [4.69, 9.17) is 9.47 Å². The van der Waals surface area contributed by atoms with E-state index in [1.807, 2.05) is 12.1 Å². The van der Waals surface area contributed by atoms with Gasteiger partial charge in [-0.2, -0.15) is 0 Å². The minimum atomic E-state index is -0.259. The van der Waals surface area contributed by atoms with Crippen LogP contribution in [0.25, 0.3) is 10.4 Å². The van der Waals surface area contributed by atoms with E-state index in [0.29, 0.717) is 19.0 Å². The zero-order valence-electron chi connectivity index (χ0n) is 17.8. The van der Waals surface area contributed by atoms with Gasteiger partial charge in [-0.05, 0) is 47.7 Å². The third kappa shape index (κ3) is 6.09. The molecule has 3 aromatic rings. The molecule has 0 amide bonds. The van der Waals surface area contributed by atoms with E-state index in [1.165, 1.54) is 30.6 Å².